The van der Waals surface area contributed by atoms with E-state index in [2.05, 4.69) is 9.71 Å². The molecule has 1 aromatic carbocycles. The first-order valence-corrected chi connectivity index (χ1v) is 8.24. The summed E-state index contributed by atoms with van der Waals surface area (Å²) < 4.78 is 52.5. The zero-order chi connectivity index (χ0) is 16.3. The molecular weight excluding hydrogens is 338 g/mol. The van der Waals surface area contributed by atoms with Gasteiger partial charge in [0.2, 0.25) is 10.0 Å². The molecule has 0 saturated heterocycles. The van der Waals surface area contributed by atoms with Gasteiger partial charge in [-0.2, -0.15) is 0 Å². The molecule has 1 heterocycles. The maximum atomic E-state index is 13.2. The second kappa shape index (κ2) is 6.46. The van der Waals surface area contributed by atoms with Crippen LogP contribution in [-0.4, -0.2) is 24.5 Å². The molecule has 118 valence electrons. The quantitative estimate of drug-likeness (QED) is 0.831. The number of nitrogens with one attached hydrogen (secondary N) is 1. The summed E-state index contributed by atoms with van der Waals surface area (Å²) in [5.74, 6) is -3.72. The molecular formula is C12H10F2N2O4S2. The van der Waals surface area contributed by atoms with Gasteiger partial charge in [-0.1, -0.05) is 0 Å². The fourth-order valence-electron chi connectivity index (χ4n) is 1.66. The van der Waals surface area contributed by atoms with Gasteiger partial charge in [-0.25, -0.2) is 26.9 Å². The number of carboxylic acids is 1. The van der Waals surface area contributed by atoms with Crippen LogP contribution in [0.2, 0.25) is 0 Å². The summed E-state index contributed by atoms with van der Waals surface area (Å²) in [5.41, 5.74) is 0. The Kier molecular flexibility index (Phi) is 4.84. The Balaban J connectivity index is 2.31. The van der Waals surface area contributed by atoms with E-state index in [-0.39, 0.29) is 5.01 Å². The number of nitrogens with zero attached hydrogens (tertiary/aromatic N) is 1. The van der Waals surface area contributed by atoms with Gasteiger partial charge in [0, 0.05) is 11.6 Å². The van der Waals surface area contributed by atoms with E-state index in [1.165, 1.54) is 6.20 Å². The molecule has 0 aliphatic carbocycles. The van der Waals surface area contributed by atoms with Crippen molar-refractivity contribution in [2.24, 2.45) is 0 Å². The Hall–Kier alpha value is -1.91. The van der Waals surface area contributed by atoms with Crippen LogP contribution in [0, 0.1) is 11.6 Å². The molecule has 2 rings (SSSR count). The van der Waals surface area contributed by atoms with E-state index < -0.39 is 45.0 Å². The van der Waals surface area contributed by atoms with Crippen molar-refractivity contribution >= 4 is 27.3 Å². The Labute approximate surface area is 128 Å². The number of carbonyl (C=O) groups is 1. The lowest BCUT2D eigenvalue weighted by atomic mass is 10.2. The number of aliphatic carboxylic acids is 1. The zero-order valence-corrected chi connectivity index (χ0v) is 12.5. The average Bonchev–Trinajstić information content (AvgIpc) is 2.94. The van der Waals surface area contributed by atoms with E-state index in [9.17, 15) is 22.0 Å². The Bertz CT molecular complexity index is 778. The SMILES string of the molecule is O=C(O)CC(NS(=O)(=O)c1ccc(F)c(F)c1)c1nccs1. The lowest BCUT2D eigenvalue weighted by molar-refractivity contribution is -0.137. The lowest BCUT2D eigenvalue weighted by Crippen LogP contribution is -2.30. The molecule has 0 aliphatic heterocycles. The van der Waals surface area contributed by atoms with E-state index >= 15 is 0 Å². The molecule has 0 amide bonds. The van der Waals surface area contributed by atoms with E-state index in [1.54, 1.807) is 5.38 Å². The highest BCUT2D eigenvalue weighted by Crippen LogP contribution is 2.23. The van der Waals surface area contributed by atoms with E-state index in [0.717, 1.165) is 17.4 Å². The summed E-state index contributed by atoms with van der Waals surface area (Å²) in [4.78, 5) is 14.2. The molecule has 10 heteroatoms. The number of thiazole rings is 1. The van der Waals surface area contributed by atoms with Gasteiger partial charge < -0.3 is 5.11 Å². The van der Waals surface area contributed by atoms with Crippen LogP contribution >= 0.6 is 11.3 Å². The van der Waals surface area contributed by atoms with Crippen molar-refractivity contribution < 1.29 is 27.1 Å². The number of aromatic nitrogens is 1. The number of halogens is 2. The largest absolute Gasteiger partial charge is 0.481 e. The van der Waals surface area contributed by atoms with Crippen LogP contribution < -0.4 is 4.72 Å². The molecule has 2 N–H and O–H groups in total. The van der Waals surface area contributed by atoms with E-state index in [4.69, 9.17) is 5.11 Å². The van der Waals surface area contributed by atoms with Crippen molar-refractivity contribution in [3.63, 3.8) is 0 Å². The van der Waals surface area contributed by atoms with Crippen molar-refractivity contribution in [2.45, 2.75) is 17.4 Å². The molecule has 0 radical (unpaired) electrons. The van der Waals surface area contributed by atoms with Crippen molar-refractivity contribution in [2.75, 3.05) is 0 Å². The number of carboxylic acid groups (broad SMARTS) is 1. The topological polar surface area (TPSA) is 96.4 Å². The lowest BCUT2D eigenvalue weighted by Gasteiger charge is -2.15. The van der Waals surface area contributed by atoms with Crippen LogP contribution in [0.25, 0.3) is 0 Å². The predicted octanol–water partition coefficient (Wildman–Crippen LogP) is 1.92. The van der Waals surface area contributed by atoms with Gasteiger partial charge in [-0.05, 0) is 18.2 Å². The van der Waals surface area contributed by atoms with Crippen LogP contribution in [0.15, 0.2) is 34.7 Å². The van der Waals surface area contributed by atoms with Crippen LogP contribution in [0.3, 0.4) is 0 Å². The van der Waals surface area contributed by atoms with Crippen molar-refractivity contribution in [1.29, 1.82) is 0 Å². The fraction of sp³-hybridized carbons (Fsp3) is 0.167. The molecule has 0 fully saturated rings. The maximum absolute atomic E-state index is 13.2. The number of hydrogen-bond donors (Lipinski definition) is 2. The summed E-state index contributed by atoms with van der Waals surface area (Å²) in [7, 11) is -4.22. The van der Waals surface area contributed by atoms with Crippen LogP contribution in [0.1, 0.15) is 17.5 Å². The average molecular weight is 348 g/mol. The van der Waals surface area contributed by atoms with Gasteiger partial charge in [-0.15, -0.1) is 11.3 Å². The number of rotatable bonds is 6. The van der Waals surface area contributed by atoms with Crippen LogP contribution in [0.4, 0.5) is 8.78 Å². The number of benzene rings is 1. The molecule has 1 aromatic heterocycles. The second-order valence-electron chi connectivity index (χ2n) is 4.22. The molecule has 1 atom stereocenters. The third-order valence-corrected chi connectivity index (χ3v) is 4.99. The molecule has 22 heavy (non-hydrogen) atoms. The number of hydrogen-bond acceptors (Lipinski definition) is 5. The van der Waals surface area contributed by atoms with Crippen LogP contribution in [-0.2, 0) is 14.8 Å². The first-order chi connectivity index (χ1) is 10.3. The molecule has 1 unspecified atom stereocenters. The van der Waals surface area contributed by atoms with Gasteiger partial charge >= 0.3 is 5.97 Å². The maximum Gasteiger partial charge on any atom is 0.305 e. The highest BCUT2D eigenvalue weighted by atomic mass is 32.2. The first-order valence-electron chi connectivity index (χ1n) is 5.88. The molecule has 0 saturated carbocycles. The third kappa shape index (κ3) is 3.84. The van der Waals surface area contributed by atoms with Crippen molar-refractivity contribution in [3.8, 4) is 0 Å². The standard InChI is InChI=1S/C12H10F2N2O4S2/c13-8-2-1-7(5-9(8)14)22(19,20)16-10(6-11(17)18)12-15-3-4-21-12/h1-5,10,16H,6H2,(H,17,18). The third-order valence-electron chi connectivity index (χ3n) is 2.63. The highest BCUT2D eigenvalue weighted by molar-refractivity contribution is 7.89. The fourth-order valence-corrected chi connectivity index (χ4v) is 3.64. The Morgan fingerprint density at radius 2 is 2.09 bits per heavy atom. The zero-order valence-electron chi connectivity index (χ0n) is 10.9. The van der Waals surface area contributed by atoms with Gasteiger partial charge in [-0.3, -0.25) is 4.79 Å². The summed E-state index contributed by atoms with van der Waals surface area (Å²) in [6.45, 7) is 0. The highest BCUT2D eigenvalue weighted by Gasteiger charge is 2.26. The Morgan fingerprint density at radius 3 is 2.64 bits per heavy atom. The summed E-state index contributed by atoms with van der Waals surface area (Å²) in [5, 5.41) is 10.7. The summed E-state index contributed by atoms with van der Waals surface area (Å²) >= 11 is 1.08. The van der Waals surface area contributed by atoms with Gasteiger partial charge in [0.15, 0.2) is 11.6 Å². The van der Waals surface area contributed by atoms with E-state index in [0.29, 0.717) is 12.1 Å². The minimum atomic E-state index is -4.22. The molecule has 6 nitrogen and oxygen atoms in total. The Morgan fingerprint density at radius 1 is 1.36 bits per heavy atom. The van der Waals surface area contributed by atoms with Crippen LogP contribution in [0.5, 0.6) is 0 Å². The molecule has 0 bridgehead atoms. The van der Waals surface area contributed by atoms with Gasteiger partial charge in [0.1, 0.15) is 5.01 Å². The van der Waals surface area contributed by atoms with E-state index in [1.807, 2.05) is 0 Å². The second-order valence-corrected chi connectivity index (χ2v) is 6.86. The molecule has 0 spiro atoms. The summed E-state index contributed by atoms with van der Waals surface area (Å²) in [6.07, 6.45) is 0.872. The molecule has 2 aromatic rings. The van der Waals surface area contributed by atoms with Crippen molar-refractivity contribution in [1.82, 2.24) is 9.71 Å². The molecule has 0 aliphatic rings. The minimum absolute atomic E-state index is 0.258. The van der Waals surface area contributed by atoms with Gasteiger partial charge in [0.25, 0.3) is 0 Å². The first kappa shape index (κ1) is 16.5. The normalized spacial score (nSPS) is 13.0. The minimum Gasteiger partial charge on any atom is -0.481 e. The van der Waals surface area contributed by atoms with Crippen molar-refractivity contribution in [3.05, 3.63) is 46.4 Å². The summed E-state index contributed by atoms with van der Waals surface area (Å²) in [6, 6.07) is 0.993. The number of sulfonamides is 1. The van der Waals surface area contributed by atoms with Gasteiger partial charge in [0.05, 0.1) is 17.4 Å². The smallest absolute Gasteiger partial charge is 0.305 e. The predicted molar refractivity (Wildman–Crippen MR) is 73.8 cm³/mol. The monoisotopic (exact) mass is 348 g/mol.